The number of amides is 2. The Hall–Kier alpha value is -1.82. The van der Waals surface area contributed by atoms with Crippen LogP contribution in [0.25, 0.3) is 0 Å². The molecule has 1 atom stereocenters. The Morgan fingerprint density at radius 3 is 3.05 bits per heavy atom. The van der Waals surface area contributed by atoms with Crippen molar-refractivity contribution in [1.82, 2.24) is 4.90 Å². The molecular weight excluding hydrogens is 251 g/mol. The van der Waals surface area contributed by atoms with Crippen molar-refractivity contribution >= 4 is 11.7 Å². The van der Waals surface area contributed by atoms with Gasteiger partial charge in [-0.25, -0.2) is 9.18 Å². The minimum Gasteiger partial charge on any atom is -0.497 e. The normalized spacial score (nSPS) is 18.5. The second-order valence-corrected chi connectivity index (χ2v) is 4.48. The maximum Gasteiger partial charge on any atom is 0.322 e. The Balaban J connectivity index is 2.08. The lowest BCUT2D eigenvalue weighted by atomic mass is 10.2. The number of nitrogens with one attached hydrogen (secondary N) is 1. The van der Waals surface area contributed by atoms with Crippen molar-refractivity contribution in [2.24, 2.45) is 0 Å². The molecule has 104 valence electrons. The summed E-state index contributed by atoms with van der Waals surface area (Å²) >= 11 is 0. The fourth-order valence-electron chi connectivity index (χ4n) is 2.24. The van der Waals surface area contributed by atoms with Crippen LogP contribution in [-0.2, 0) is 0 Å². The zero-order chi connectivity index (χ0) is 13.8. The number of likely N-dealkylation sites (tertiary alicyclic amines) is 1. The van der Waals surface area contributed by atoms with Crippen LogP contribution in [0.2, 0.25) is 0 Å². The number of benzene rings is 1. The van der Waals surface area contributed by atoms with Gasteiger partial charge in [0.25, 0.3) is 0 Å². The fourth-order valence-corrected chi connectivity index (χ4v) is 2.24. The number of anilines is 1. The van der Waals surface area contributed by atoms with Crippen LogP contribution in [0.4, 0.5) is 14.9 Å². The molecule has 1 aromatic rings. The number of rotatable bonds is 3. The molecule has 1 aliphatic rings. The van der Waals surface area contributed by atoms with E-state index in [0.29, 0.717) is 18.0 Å². The van der Waals surface area contributed by atoms with Crippen molar-refractivity contribution < 1.29 is 19.0 Å². The van der Waals surface area contributed by atoms with Gasteiger partial charge in [-0.2, -0.15) is 0 Å². The highest BCUT2D eigenvalue weighted by atomic mass is 19.1. The molecule has 1 heterocycles. The van der Waals surface area contributed by atoms with Crippen LogP contribution in [0.3, 0.4) is 0 Å². The number of hydrogen-bond acceptors (Lipinski definition) is 3. The molecule has 0 aliphatic carbocycles. The Bertz CT molecular complexity index is 467. The molecule has 0 spiro atoms. The Morgan fingerprint density at radius 1 is 1.58 bits per heavy atom. The van der Waals surface area contributed by atoms with E-state index in [-0.39, 0.29) is 18.7 Å². The molecule has 1 aliphatic heterocycles. The van der Waals surface area contributed by atoms with Crippen molar-refractivity contribution in [3.05, 3.63) is 24.0 Å². The summed E-state index contributed by atoms with van der Waals surface area (Å²) in [7, 11) is 1.43. The summed E-state index contributed by atoms with van der Waals surface area (Å²) in [5.41, 5.74) is 0.338. The highest BCUT2D eigenvalue weighted by molar-refractivity contribution is 5.90. The zero-order valence-electron chi connectivity index (χ0n) is 10.7. The van der Waals surface area contributed by atoms with Crippen LogP contribution in [0.1, 0.15) is 12.8 Å². The topological polar surface area (TPSA) is 61.8 Å². The molecule has 6 heteroatoms. The lowest BCUT2D eigenvalue weighted by Gasteiger charge is -2.23. The van der Waals surface area contributed by atoms with Gasteiger partial charge < -0.3 is 20.1 Å². The van der Waals surface area contributed by atoms with Crippen LogP contribution < -0.4 is 10.1 Å². The first-order valence-electron chi connectivity index (χ1n) is 6.17. The maximum absolute atomic E-state index is 13.3. The molecule has 19 heavy (non-hydrogen) atoms. The summed E-state index contributed by atoms with van der Waals surface area (Å²) in [6.07, 6.45) is 1.65. The van der Waals surface area contributed by atoms with Gasteiger partial charge in [-0.3, -0.25) is 0 Å². The number of aliphatic hydroxyl groups excluding tert-OH is 1. The second kappa shape index (κ2) is 5.88. The number of urea groups is 1. The second-order valence-electron chi connectivity index (χ2n) is 4.48. The molecule has 2 rings (SSSR count). The Kier molecular flexibility index (Phi) is 4.21. The average molecular weight is 268 g/mol. The monoisotopic (exact) mass is 268 g/mol. The molecule has 1 aromatic carbocycles. The summed E-state index contributed by atoms with van der Waals surface area (Å²) in [4.78, 5) is 13.6. The molecular formula is C13H17FN2O3. The molecule has 2 amide bonds. The van der Waals surface area contributed by atoms with E-state index in [9.17, 15) is 14.3 Å². The summed E-state index contributed by atoms with van der Waals surface area (Å²) in [6.45, 7) is 0.545. The number of ether oxygens (including phenoxy) is 1. The fraction of sp³-hybridized carbons (Fsp3) is 0.462. The molecule has 0 bridgehead atoms. The van der Waals surface area contributed by atoms with Crippen LogP contribution >= 0.6 is 0 Å². The highest BCUT2D eigenvalue weighted by Gasteiger charge is 2.28. The van der Waals surface area contributed by atoms with E-state index in [1.807, 2.05) is 0 Å². The average Bonchev–Trinajstić information content (AvgIpc) is 2.86. The van der Waals surface area contributed by atoms with E-state index in [0.717, 1.165) is 12.8 Å². The van der Waals surface area contributed by atoms with Crippen molar-refractivity contribution in [2.75, 3.05) is 25.6 Å². The third-order valence-electron chi connectivity index (χ3n) is 3.21. The van der Waals surface area contributed by atoms with Gasteiger partial charge in [0, 0.05) is 24.4 Å². The van der Waals surface area contributed by atoms with E-state index in [1.165, 1.54) is 19.2 Å². The number of aliphatic hydroxyl groups is 1. The van der Waals surface area contributed by atoms with Crippen LogP contribution in [0, 0.1) is 5.82 Å². The smallest absolute Gasteiger partial charge is 0.322 e. The number of halogens is 1. The third-order valence-corrected chi connectivity index (χ3v) is 3.21. The summed E-state index contributed by atoms with van der Waals surface area (Å²) in [5.74, 6) is -0.134. The van der Waals surface area contributed by atoms with Crippen LogP contribution in [-0.4, -0.2) is 42.3 Å². The van der Waals surface area contributed by atoms with E-state index in [1.54, 1.807) is 11.0 Å². The van der Waals surface area contributed by atoms with Gasteiger partial charge in [0.1, 0.15) is 11.6 Å². The summed E-state index contributed by atoms with van der Waals surface area (Å²) in [6, 6.07) is 3.52. The maximum atomic E-state index is 13.3. The lowest BCUT2D eigenvalue weighted by molar-refractivity contribution is 0.166. The van der Waals surface area contributed by atoms with Gasteiger partial charge >= 0.3 is 6.03 Å². The number of methoxy groups -OCH3 is 1. The lowest BCUT2D eigenvalue weighted by Crippen LogP contribution is -2.40. The third kappa shape index (κ3) is 3.14. The van der Waals surface area contributed by atoms with Gasteiger partial charge in [-0.05, 0) is 18.9 Å². The minimum atomic E-state index is -0.477. The van der Waals surface area contributed by atoms with Crippen LogP contribution in [0.5, 0.6) is 5.75 Å². The SMILES string of the molecule is COc1cc(F)cc(NC(=O)N2CCCC2CO)c1. The van der Waals surface area contributed by atoms with Crippen molar-refractivity contribution in [2.45, 2.75) is 18.9 Å². The molecule has 5 nitrogen and oxygen atoms in total. The Labute approximate surface area is 111 Å². The van der Waals surface area contributed by atoms with Gasteiger partial charge in [0.05, 0.1) is 19.8 Å². The van der Waals surface area contributed by atoms with Gasteiger partial charge in [-0.1, -0.05) is 0 Å². The predicted octanol–water partition coefficient (Wildman–Crippen LogP) is 1.82. The number of hydrogen-bond donors (Lipinski definition) is 2. The number of carbonyl (C=O) groups excluding carboxylic acids is 1. The molecule has 1 fully saturated rings. The van der Waals surface area contributed by atoms with Crippen molar-refractivity contribution in [1.29, 1.82) is 0 Å². The highest BCUT2D eigenvalue weighted by Crippen LogP contribution is 2.22. The largest absolute Gasteiger partial charge is 0.497 e. The quantitative estimate of drug-likeness (QED) is 0.879. The molecule has 1 unspecified atom stereocenters. The number of carbonyl (C=O) groups is 1. The molecule has 0 aromatic heterocycles. The first-order chi connectivity index (χ1) is 9.13. The first kappa shape index (κ1) is 13.6. The Morgan fingerprint density at radius 2 is 2.37 bits per heavy atom. The van der Waals surface area contributed by atoms with Gasteiger partial charge in [0.2, 0.25) is 0 Å². The standard InChI is InChI=1S/C13H17FN2O3/c1-19-12-6-9(14)5-10(7-12)15-13(18)16-4-2-3-11(16)8-17/h5-7,11,17H,2-4,8H2,1H3,(H,15,18). The van der Waals surface area contributed by atoms with Gasteiger partial charge in [0.15, 0.2) is 0 Å². The summed E-state index contributed by atoms with van der Waals surface area (Å²) < 4.78 is 18.2. The van der Waals surface area contributed by atoms with Gasteiger partial charge in [-0.15, -0.1) is 0 Å². The minimum absolute atomic E-state index is 0.0557. The number of nitrogens with zero attached hydrogens (tertiary/aromatic N) is 1. The van der Waals surface area contributed by atoms with Crippen molar-refractivity contribution in [3.8, 4) is 5.75 Å². The molecule has 0 radical (unpaired) electrons. The molecule has 0 saturated carbocycles. The van der Waals surface area contributed by atoms with E-state index >= 15 is 0 Å². The van der Waals surface area contributed by atoms with E-state index in [4.69, 9.17) is 4.74 Å². The van der Waals surface area contributed by atoms with Crippen molar-refractivity contribution in [3.63, 3.8) is 0 Å². The van der Waals surface area contributed by atoms with E-state index < -0.39 is 5.82 Å². The predicted molar refractivity (Wildman–Crippen MR) is 68.8 cm³/mol. The molecule has 2 N–H and O–H groups in total. The first-order valence-corrected chi connectivity index (χ1v) is 6.17. The summed E-state index contributed by atoms with van der Waals surface area (Å²) in [5, 5.41) is 11.8. The van der Waals surface area contributed by atoms with Crippen LogP contribution in [0.15, 0.2) is 18.2 Å². The molecule has 1 saturated heterocycles. The van der Waals surface area contributed by atoms with E-state index in [2.05, 4.69) is 5.32 Å². The zero-order valence-corrected chi connectivity index (χ0v) is 10.7.